The Labute approximate surface area is 184 Å². The summed E-state index contributed by atoms with van der Waals surface area (Å²) in [4.78, 5) is 30.3. The van der Waals surface area contributed by atoms with Crippen LogP contribution in [0.3, 0.4) is 0 Å². The van der Waals surface area contributed by atoms with E-state index in [4.69, 9.17) is 16.3 Å². The van der Waals surface area contributed by atoms with Gasteiger partial charge in [-0.2, -0.15) is 0 Å². The van der Waals surface area contributed by atoms with Crippen molar-refractivity contribution in [3.63, 3.8) is 0 Å². The Balaban J connectivity index is 1.51. The Bertz CT molecular complexity index is 955. The molecule has 9 heteroatoms. The van der Waals surface area contributed by atoms with Crippen LogP contribution < -0.4 is 15.5 Å². The van der Waals surface area contributed by atoms with Crippen LogP contribution in [0.25, 0.3) is 0 Å². The molecule has 1 aromatic carbocycles. The number of nitrogens with one attached hydrogen (secondary N) is 2. The van der Waals surface area contributed by atoms with Crippen LogP contribution in [-0.2, 0) is 9.53 Å². The molecule has 3 heterocycles. The number of carbonyl (C=O) groups excluding carboxylic acids is 2. The molecule has 158 valence electrons. The van der Waals surface area contributed by atoms with E-state index in [2.05, 4.69) is 26.5 Å². The summed E-state index contributed by atoms with van der Waals surface area (Å²) in [5.74, 6) is -0.437. The summed E-state index contributed by atoms with van der Waals surface area (Å²) in [5.41, 5.74) is 2.15. The number of piperazine rings is 1. The van der Waals surface area contributed by atoms with Crippen molar-refractivity contribution < 1.29 is 14.3 Å². The normalized spacial score (nSPS) is 20.0. The van der Waals surface area contributed by atoms with Crippen molar-refractivity contribution in [2.45, 2.75) is 6.04 Å². The Kier molecular flexibility index (Phi) is 6.26. The third-order valence-corrected chi connectivity index (χ3v) is 6.49. The van der Waals surface area contributed by atoms with Crippen molar-refractivity contribution in [2.75, 3.05) is 44.7 Å². The van der Waals surface area contributed by atoms with Gasteiger partial charge in [0.15, 0.2) is 0 Å². The van der Waals surface area contributed by atoms with E-state index in [1.807, 2.05) is 35.7 Å². The zero-order valence-corrected chi connectivity index (χ0v) is 18.1. The van der Waals surface area contributed by atoms with Crippen molar-refractivity contribution >= 4 is 40.6 Å². The van der Waals surface area contributed by atoms with Crippen LogP contribution in [0.4, 0.5) is 10.5 Å². The third-order valence-electron chi connectivity index (χ3n) is 5.31. The SMILES string of the molecule is COC(=O)C1=C(CN2CCN(c3cccc(Cl)c3)CC2)NC(=O)N[C@@H]1c1cccs1. The summed E-state index contributed by atoms with van der Waals surface area (Å²) in [6.07, 6.45) is 0. The Morgan fingerprint density at radius 3 is 2.70 bits per heavy atom. The molecule has 2 aromatic rings. The summed E-state index contributed by atoms with van der Waals surface area (Å²) < 4.78 is 5.04. The van der Waals surface area contributed by atoms with E-state index in [1.165, 1.54) is 18.4 Å². The maximum Gasteiger partial charge on any atom is 0.338 e. The first kappa shape index (κ1) is 20.7. The van der Waals surface area contributed by atoms with Gasteiger partial charge in [0, 0.05) is 54.0 Å². The average molecular weight is 447 g/mol. The second-order valence-electron chi connectivity index (χ2n) is 7.17. The molecule has 0 spiro atoms. The number of anilines is 1. The molecule has 1 saturated heterocycles. The maximum absolute atomic E-state index is 12.6. The first-order valence-corrected chi connectivity index (χ1v) is 11.0. The molecule has 0 unspecified atom stereocenters. The molecule has 2 amide bonds. The van der Waals surface area contributed by atoms with Gasteiger partial charge in [-0.05, 0) is 29.6 Å². The van der Waals surface area contributed by atoms with Crippen molar-refractivity contribution in [2.24, 2.45) is 0 Å². The van der Waals surface area contributed by atoms with E-state index in [0.717, 1.165) is 41.8 Å². The van der Waals surface area contributed by atoms with Gasteiger partial charge < -0.3 is 20.3 Å². The average Bonchev–Trinajstić information content (AvgIpc) is 3.28. The molecule has 1 aromatic heterocycles. The van der Waals surface area contributed by atoms with Gasteiger partial charge in [-0.1, -0.05) is 23.7 Å². The number of rotatable bonds is 5. The molecule has 2 N–H and O–H groups in total. The van der Waals surface area contributed by atoms with E-state index in [-0.39, 0.29) is 6.03 Å². The number of hydrogen-bond donors (Lipinski definition) is 2. The minimum Gasteiger partial charge on any atom is -0.466 e. The van der Waals surface area contributed by atoms with E-state index in [9.17, 15) is 9.59 Å². The zero-order chi connectivity index (χ0) is 21.1. The highest BCUT2D eigenvalue weighted by Gasteiger charge is 2.35. The van der Waals surface area contributed by atoms with Crippen LogP contribution in [0, 0.1) is 0 Å². The van der Waals surface area contributed by atoms with Crippen molar-refractivity contribution in [3.8, 4) is 0 Å². The molecule has 4 rings (SSSR count). The summed E-state index contributed by atoms with van der Waals surface area (Å²) >= 11 is 7.61. The largest absolute Gasteiger partial charge is 0.466 e. The van der Waals surface area contributed by atoms with Gasteiger partial charge in [0.05, 0.1) is 18.7 Å². The van der Waals surface area contributed by atoms with E-state index < -0.39 is 12.0 Å². The number of benzene rings is 1. The number of carbonyl (C=O) groups is 2. The molecule has 0 radical (unpaired) electrons. The van der Waals surface area contributed by atoms with E-state index >= 15 is 0 Å². The van der Waals surface area contributed by atoms with Crippen LogP contribution >= 0.6 is 22.9 Å². The number of halogens is 1. The number of nitrogens with zero attached hydrogens (tertiary/aromatic N) is 2. The fourth-order valence-electron chi connectivity index (χ4n) is 3.82. The highest BCUT2D eigenvalue weighted by molar-refractivity contribution is 7.10. The molecule has 1 atom stereocenters. The van der Waals surface area contributed by atoms with Gasteiger partial charge >= 0.3 is 12.0 Å². The number of ether oxygens (including phenoxy) is 1. The van der Waals surface area contributed by atoms with E-state index in [0.29, 0.717) is 17.8 Å². The van der Waals surface area contributed by atoms with Gasteiger partial charge in [0.2, 0.25) is 0 Å². The van der Waals surface area contributed by atoms with Gasteiger partial charge in [0.1, 0.15) is 0 Å². The van der Waals surface area contributed by atoms with Crippen molar-refractivity contribution in [1.29, 1.82) is 0 Å². The first-order chi connectivity index (χ1) is 14.5. The van der Waals surface area contributed by atoms with Gasteiger partial charge in [-0.15, -0.1) is 11.3 Å². The lowest BCUT2D eigenvalue weighted by Gasteiger charge is -2.37. The number of amides is 2. The lowest BCUT2D eigenvalue weighted by atomic mass is 10.0. The molecule has 7 nitrogen and oxygen atoms in total. The molecule has 2 aliphatic rings. The molecule has 0 bridgehead atoms. The van der Waals surface area contributed by atoms with Gasteiger partial charge in [0.25, 0.3) is 0 Å². The third kappa shape index (κ3) is 4.45. The minimum absolute atomic E-state index is 0.311. The molecule has 0 saturated carbocycles. The minimum atomic E-state index is -0.506. The smallest absolute Gasteiger partial charge is 0.338 e. The summed E-state index contributed by atoms with van der Waals surface area (Å²) in [6.45, 7) is 3.75. The number of thiophene rings is 1. The molecule has 0 aliphatic carbocycles. The Hall–Kier alpha value is -2.55. The van der Waals surface area contributed by atoms with E-state index in [1.54, 1.807) is 0 Å². The van der Waals surface area contributed by atoms with Crippen molar-refractivity contribution in [1.82, 2.24) is 15.5 Å². The van der Waals surface area contributed by atoms with Gasteiger partial charge in [-0.25, -0.2) is 9.59 Å². The number of methoxy groups -OCH3 is 1. The fourth-order valence-corrected chi connectivity index (χ4v) is 4.79. The predicted molar refractivity (Wildman–Crippen MR) is 118 cm³/mol. The van der Waals surface area contributed by atoms with Gasteiger partial charge in [-0.3, -0.25) is 4.90 Å². The van der Waals surface area contributed by atoms with Crippen LogP contribution in [0.5, 0.6) is 0 Å². The van der Waals surface area contributed by atoms with Crippen molar-refractivity contribution in [3.05, 3.63) is 62.9 Å². The molecular formula is C21H23ClN4O3S. The predicted octanol–water partition coefficient (Wildman–Crippen LogP) is 3.00. The molecule has 2 aliphatic heterocycles. The monoisotopic (exact) mass is 446 g/mol. The van der Waals surface area contributed by atoms with Crippen LogP contribution in [0.15, 0.2) is 53.0 Å². The molecular weight excluding hydrogens is 424 g/mol. The second-order valence-corrected chi connectivity index (χ2v) is 8.59. The van der Waals surface area contributed by atoms with Crippen LogP contribution in [0.1, 0.15) is 10.9 Å². The van der Waals surface area contributed by atoms with Crippen LogP contribution in [-0.4, -0.2) is 56.7 Å². The highest BCUT2D eigenvalue weighted by Crippen LogP contribution is 2.31. The lowest BCUT2D eigenvalue weighted by molar-refractivity contribution is -0.136. The number of hydrogen-bond acceptors (Lipinski definition) is 6. The topological polar surface area (TPSA) is 73.9 Å². The Morgan fingerprint density at radius 2 is 2.03 bits per heavy atom. The second kappa shape index (κ2) is 9.07. The first-order valence-electron chi connectivity index (χ1n) is 9.70. The number of urea groups is 1. The molecule has 30 heavy (non-hydrogen) atoms. The summed E-state index contributed by atoms with van der Waals surface area (Å²) in [7, 11) is 1.36. The summed E-state index contributed by atoms with van der Waals surface area (Å²) in [6, 6.07) is 10.8. The molecule has 1 fully saturated rings. The van der Waals surface area contributed by atoms with Crippen LogP contribution in [0.2, 0.25) is 5.02 Å². The quantitative estimate of drug-likeness (QED) is 0.691. The summed E-state index contributed by atoms with van der Waals surface area (Å²) in [5, 5.41) is 8.33. The highest BCUT2D eigenvalue weighted by atomic mass is 35.5. The zero-order valence-electron chi connectivity index (χ0n) is 16.6. The maximum atomic E-state index is 12.6. The standard InChI is InChI=1S/C21H23ClN4O3S/c1-29-20(27)18-16(23-21(28)24-19(18)17-6-3-11-30-17)13-25-7-9-26(10-8-25)15-5-2-4-14(22)12-15/h2-6,11-12,19H,7-10,13H2,1H3,(H2,23,24,28)/t19-/m1/s1. The Morgan fingerprint density at radius 1 is 1.23 bits per heavy atom. The lowest BCUT2D eigenvalue weighted by Crippen LogP contribution is -2.51. The number of esters is 1. The fraction of sp³-hybridized carbons (Fsp3) is 0.333.